The van der Waals surface area contributed by atoms with Gasteiger partial charge in [-0.2, -0.15) is 0 Å². The second-order valence-electron chi connectivity index (χ2n) is 5.89. The summed E-state index contributed by atoms with van der Waals surface area (Å²) in [6, 6.07) is 3.06. The van der Waals surface area contributed by atoms with E-state index >= 15 is 0 Å². The largest absolute Gasteiger partial charge is 0.448 e. The highest BCUT2D eigenvalue weighted by Crippen LogP contribution is 2.24. The standard InChI is InChI=1S/C16H20Cl2N2O3/c1-9-5-3-4-6-12(9)19-15(21)10(2)23-16(22)14-11(17)7-8-13(18)20-14/h7-10,12H,3-6H2,1-2H3,(H,19,21)/t9-,10+,12+/m1/s1. The molecule has 1 saturated carbocycles. The summed E-state index contributed by atoms with van der Waals surface area (Å²) in [5, 5.41) is 3.22. The summed E-state index contributed by atoms with van der Waals surface area (Å²) in [5.41, 5.74) is -0.0927. The van der Waals surface area contributed by atoms with Crippen LogP contribution in [0.25, 0.3) is 0 Å². The molecule has 1 aliphatic carbocycles. The molecule has 1 aromatic heterocycles. The summed E-state index contributed by atoms with van der Waals surface area (Å²) in [4.78, 5) is 28.1. The van der Waals surface area contributed by atoms with Gasteiger partial charge in [-0.1, -0.05) is 43.0 Å². The van der Waals surface area contributed by atoms with Gasteiger partial charge in [0.05, 0.1) is 5.02 Å². The van der Waals surface area contributed by atoms with E-state index < -0.39 is 12.1 Å². The fraction of sp³-hybridized carbons (Fsp3) is 0.562. The summed E-state index contributed by atoms with van der Waals surface area (Å²) >= 11 is 11.7. The van der Waals surface area contributed by atoms with Crippen LogP contribution in [0, 0.1) is 5.92 Å². The first kappa shape index (κ1) is 18.0. The lowest BCUT2D eigenvalue weighted by Gasteiger charge is -2.30. The van der Waals surface area contributed by atoms with Gasteiger partial charge in [0.2, 0.25) is 0 Å². The Hall–Kier alpha value is -1.33. The molecule has 0 saturated heterocycles. The van der Waals surface area contributed by atoms with Crippen molar-refractivity contribution >= 4 is 35.1 Å². The Bertz CT molecular complexity index is 595. The molecule has 0 aromatic carbocycles. The minimum atomic E-state index is -0.923. The summed E-state index contributed by atoms with van der Waals surface area (Å²) in [7, 11) is 0. The van der Waals surface area contributed by atoms with E-state index in [-0.39, 0.29) is 27.8 Å². The lowest BCUT2D eigenvalue weighted by atomic mass is 9.86. The van der Waals surface area contributed by atoms with Gasteiger partial charge in [0.1, 0.15) is 5.15 Å². The number of rotatable bonds is 4. The van der Waals surface area contributed by atoms with Crippen molar-refractivity contribution in [1.82, 2.24) is 10.3 Å². The third kappa shape index (κ3) is 4.82. The van der Waals surface area contributed by atoms with Crippen LogP contribution in [0.5, 0.6) is 0 Å². The third-order valence-corrected chi connectivity index (χ3v) is 4.61. The predicted molar refractivity (Wildman–Crippen MR) is 88.7 cm³/mol. The smallest absolute Gasteiger partial charge is 0.359 e. The van der Waals surface area contributed by atoms with E-state index in [2.05, 4.69) is 17.2 Å². The molecule has 3 atom stereocenters. The maximum absolute atomic E-state index is 12.2. The Labute approximate surface area is 145 Å². The highest BCUT2D eigenvalue weighted by molar-refractivity contribution is 6.34. The second-order valence-corrected chi connectivity index (χ2v) is 6.68. The molecule has 1 heterocycles. The zero-order valence-corrected chi connectivity index (χ0v) is 14.7. The SMILES string of the molecule is C[C@H](OC(=O)c1nc(Cl)ccc1Cl)C(=O)N[C@H]1CCCC[C@H]1C. The first-order valence-corrected chi connectivity index (χ1v) is 8.47. The molecule has 2 rings (SSSR count). The maximum atomic E-state index is 12.2. The Morgan fingerprint density at radius 1 is 1.30 bits per heavy atom. The summed E-state index contributed by atoms with van der Waals surface area (Å²) in [6.45, 7) is 3.65. The monoisotopic (exact) mass is 358 g/mol. The van der Waals surface area contributed by atoms with Crippen molar-refractivity contribution in [3.8, 4) is 0 Å². The zero-order valence-electron chi connectivity index (χ0n) is 13.1. The Morgan fingerprint density at radius 2 is 2.00 bits per heavy atom. The van der Waals surface area contributed by atoms with Gasteiger partial charge in [0.25, 0.3) is 5.91 Å². The number of nitrogens with zero attached hydrogens (tertiary/aromatic N) is 1. The minimum absolute atomic E-state index is 0.0927. The van der Waals surface area contributed by atoms with E-state index in [0.717, 1.165) is 19.3 Å². The Balaban J connectivity index is 1.94. The number of carbonyl (C=O) groups is 2. The van der Waals surface area contributed by atoms with Crippen molar-refractivity contribution in [1.29, 1.82) is 0 Å². The van der Waals surface area contributed by atoms with Crippen LogP contribution in [-0.2, 0) is 9.53 Å². The van der Waals surface area contributed by atoms with Crippen molar-refractivity contribution < 1.29 is 14.3 Å². The van der Waals surface area contributed by atoms with Crippen LogP contribution >= 0.6 is 23.2 Å². The molecule has 5 nitrogen and oxygen atoms in total. The number of halogens is 2. The quantitative estimate of drug-likeness (QED) is 0.659. The van der Waals surface area contributed by atoms with Gasteiger partial charge in [-0.25, -0.2) is 9.78 Å². The van der Waals surface area contributed by atoms with Crippen molar-refractivity contribution in [2.45, 2.75) is 51.7 Å². The molecule has 0 unspecified atom stereocenters. The molecular weight excluding hydrogens is 339 g/mol. The maximum Gasteiger partial charge on any atom is 0.359 e. The molecule has 7 heteroatoms. The van der Waals surface area contributed by atoms with Crippen molar-refractivity contribution in [3.63, 3.8) is 0 Å². The van der Waals surface area contributed by atoms with E-state index in [1.165, 1.54) is 25.5 Å². The fourth-order valence-corrected chi connectivity index (χ4v) is 2.99. The fourth-order valence-electron chi connectivity index (χ4n) is 2.66. The minimum Gasteiger partial charge on any atom is -0.448 e. The Kier molecular flexibility index (Phi) is 6.25. The first-order chi connectivity index (χ1) is 10.9. The van der Waals surface area contributed by atoms with Gasteiger partial charge in [0, 0.05) is 6.04 Å². The van der Waals surface area contributed by atoms with Crippen LogP contribution in [0.15, 0.2) is 12.1 Å². The average Bonchev–Trinajstić information content (AvgIpc) is 2.51. The predicted octanol–water partition coefficient (Wildman–Crippen LogP) is 3.63. The lowest BCUT2D eigenvalue weighted by Crippen LogP contribution is -2.46. The third-order valence-electron chi connectivity index (χ3n) is 4.10. The second kappa shape index (κ2) is 7.97. The molecule has 0 radical (unpaired) electrons. The van der Waals surface area contributed by atoms with E-state index in [4.69, 9.17) is 27.9 Å². The molecule has 0 aliphatic heterocycles. The van der Waals surface area contributed by atoms with Crippen LogP contribution in [0.1, 0.15) is 50.0 Å². The summed E-state index contributed by atoms with van der Waals surface area (Å²) < 4.78 is 5.15. The highest BCUT2D eigenvalue weighted by atomic mass is 35.5. The van der Waals surface area contributed by atoms with E-state index in [1.807, 2.05) is 0 Å². The molecule has 1 aliphatic rings. The summed E-state index contributed by atoms with van der Waals surface area (Å²) in [6.07, 6.45) is 3.42. The lowest BCUT2D eigenvalue weighted by molar-refractivity contribution is -0.130. The van der Waals surface area contributed by atoms with Gasteiger partial charge >= 0.3 is 5.97 Å². The number of pyridine rings is 1. The molecule has 0 bridgehead atoms. The number of hydrogen-bond acceptors (Lipinski definition) is 4. The van der Waals surface area contributed by atoms with Gasteiger partial charge in [0.15, 0.2) is 11.8 Å². The average molecular weight is 359 g/mol. The molecule has 23 heavy (non-hydrogen) atoms. The van der Waals surface area contributed by atoms with Crippen LogP contribution < -0.4 is 5.32 Å². The number of hydrogen-bond donors (Lipinski definition) is 1. The van der Waals surface area contributed by atoms with E-state index in [1.54, 1.807) is 0 Å². The van der Waals surface area contributed by atoms with Crippen LogP contribution in [0.4, 0.5) is 0 Å². The molecule has 1 N–H and O–H groups in total. The van der Waals surface area contributed by atoms with Gasteiger partial charge in [-0.15, -0.1) is 0 Å². The normalized spacial score (nSPS) is 22.3. The topological polar surface area (TPSA) is 68.3 Å². The van der Waals surface area contributed by atoms with Crippen LogP contribution in [0.3, 0.4) is 0 Å². The van der Waals surface area contributed by atoms with E-state index in [0.29, 0.717) is 5.92 Å². The number of ether oxygens (including phenoxy) is 1. The van der Waals surface area contributed by atoms with Crippen molar-refractivity contribution in [2.24, 2.45) is 5.92 Å². The number of carbonyl (C=O) groups excluding carboxylic acids is 2. The van der Waals surface area contributed by atoms with Crippen molar-refractivity contribution in [2.75, 3.05) is 0 Å². The number of amides is 1. The van der Waals surface area contributed by atoms with Crippen molar-refractivity contribution in [3.05, 3.63) is 28.0 Å². The van der Waals surface area contributed by atoms with E-state index in [9.17, 15) is 9.59 Å². The Morgan fingerprint density at radius 3 is 2.70 bits per heavy atom. The molecule has 126 valence electrons. The molecule has 1 fully saturated rings. The van der Waals surface area contributed by atoms with Crippen LogP contribution in [-0.4, -0.2) is 29.0 Å². The van der Waals surface area contributed by atoms with Crippen LogP contribution in [0.2, 0.25) is 10.2 Å². The number of esters is 1. The first-order valence-electron chi connectivity index (χ1n) is 7.72. The molecule has 0 spiro atoms. The molecular formula is C16H20Cl2N2O3. The van der Waals surface area contributed by atoms with Gasteiger partial charge in [-0.05, 0) is 37.8 Å². The number of nitrogens with one attached hydrogen (secondary N) is 1. The van der Waals surface area contributed by atoms with Gasteiger partial charge < -0.3 is 10.1 Å². The molecule has 1 amide bonds. The highest BCUT2D eigenvalue weighted by Gasteiger charge is 2.27. The number of aromatic nitrogens is 1. The summed E-state index contributed by atoms with van der Waals surface area (Å²) in [5.74, 6) is -0.647. The zero-order chi connectivity index (χ0) is 17.0. The molecule has 1 aromatic rings. The van der Waals surface area contributed by atoms with Gasteiger partial charge in [-0.3, -0.25) is 4.79 Å².